The molecule has 24 heavy (non-hydrogen) atoms. The summed E-state index contributed by atoms with van der Waals surface area (Å²) in [4.78, 5) is 30.6. The first-order valence-corrected chi connectivity index (χ1v) is 7.49. The highest BCUT2D eigenvalue weighted by Crippen LogP contribution is 2.14. The van der Waals surface area contributed by atoms with Crippen LogP contribution in [0.3, 0.4) is 0 Å². The Kier molecular flexibility index (Phi) is 4.30. The Morgan fingerprint density at radius 3 is 2.75 bits per heavy atom. The lowest BCUT2D eigenvalue weighted by molar-refractivity contribution is 0.0940. The molecule has 2 aromatic rings. The van der Waals surface area contributed by atoms with Crippen LogP contribution in [0.25, 0.3) is 0 Å². The lowest BCUT2D eigenvalue weighted by Crippen LogP contribution is -2.39. The molecule has 0 unspecified atom stereocenters. The molecule has 0 saturated carbocycles. The van der Waals surface area contributed by atoms with Crippen molar-refractivity contribution >= 4 is 5.91 Å². The molecule has 2 heterocycles. The topological polar surface area (TPSA) is 87.5 Å². The first-order chi connectivity index (χ1) is 11.5. The van der Waals surface area contributed by atoms with Crippen molar-refractivity contribution in [2.75, 3.05) is 13.6 Å². The maximum absolute atomic E-state index is 12.9. The van der Waals surface area contributed by atoms with Gasteiger partial charge in [-0.3, -0.25) is 19.1 Å². The molecule has 0 saturated heterocycles. The van der Waals surface area contributed by atoms with Crippen LogP contribution in [-0.4, -0.2) is 39.1 Å². The van der Waals surface area contributed by atoms with Crippen molar-refractivity contribution in [3.63, 3.8) is 0 Å². The van der Waals surface area contributed by atoms with Crippen LogP contribution in [0.2, 0.25) is 0 Å². The molecule has 1 aliphatic heterocycles. The van der Waals surface area contributed by atoms with Gasteiger partial charge in [0.1, 0.15) is 11.6 Å². The third-order valence-electron chi connectivity index (χ3n) is 3.92. The Bertz CT molecular complexity index is 832. The first kappa shape index (κ1) is 16.1. The van der Waals surface area contributed by atoms with Gasteiger partial charge in [-0.1, -0.05) is 12.1 Å². The normalized spacial score (nSPS) is 14.2. The van der Waals surface area contributed by atoms with Gasteiger partial charge in [-0.15, -0.1) is 0 Å². The van der Waals surface area contributed by atoms with E-state index in [9.17, 15) is 19.1 Å². The molecule has 1 amide bonds. The van der Waals surface area contributed by atoms with E-state index in [2.05, 4.69) is 10.3 Å². The molecular formula is C16H17FN4O3. The van der Waals surface area contributed by atoms with Gasteiger partial charge in [0.05, 0.1) is 6.54 Å². The Labute approximate surface area is 137 Å². The predicted molar refractivity (Wildman–Crippen MR) is 84.1 cm³/mol. The van der Waals surface area contributed by atoms with E-state index in [1.165, 1.54) is 16.7 Å². The van der Waals surface area contributed by atoms with Gasteiger partial charge >= 0.3 is 0 Å². The number of aromatic hydroxyl groups is 1. The van der Waals surface area contributed by atoms with Gasteiger partial charge < -0.3 is 10.4 Å². The minimum atomic E-state index is -0.653. The van der Waals surface area contributed by atoms with Crippen LogP contribution >= 0.6 is 0 Å². The van der Waals surface area contributed by atoms with Gasteiger partial charge in [-0.05, 0) is 24.7 Å². The molecule has 7 nitrogen and oxygen atoms in total. The summed E-state index contributed by atoms with van der Waals surface area (Å²) in [6.45, 7) is 1.65. The van der Waals surface area contributed by atoms with E-state index in [1.807, 2.05) is 11.9 Å². The first-order valence-electron chi connectivity index (χ1n) is 7.49. The molecule has 0 fully saturated rings. The summed E-state index contributed by atoms with van der Waals surface area (Å²) in [6.07, 6.45) is 0. The minimum Gasteiger partial charge on any atom is -0.501 e. The Hall–Kier alpha value is -2.74. The molecule has 0 aliphatic carbocycles. The van der Waals surface area contributed by atoms with Crippen LogP contribution < -0.4 is 10.9 Å². The Morgan fingerprint density at radius 1 is 1.33 bits per heavy atom. The molecule has 3 rings (SSSR count). The lowest BCUT2D eigenvalue weighted by Gasteiger charge is -2.25. The maximum Gasteiger partial charge on any atom is 0.296 e. The van der Waals surface area contributed by atoms with E-state index in [0.717, 1.165) is 0 Å². The van der Waals surface area contributed by atoms with Gasteiger partial charge in [-0.25, -0.2) is 9.37 Å². The number of nitrogens with one attached hydrogen (secondary N) is 1. The van der Waals surface area contributed by atoms with E-state index in [1.54, 1.807) is 12.1 Å². The Morgan fingerprint density at radius 2 is 2.04 bits per heavy atom. The molecule has 0 radical (unpaired) electrons. The molecular weight excluding hydrogens is 315 g/mol. The zero-order valence-electron chi connectivity index (χ0n) is 13.1. The number of aromatic nitrogens is 2. The highest BCUT2D eigenvalue weighted by Gasteiger charge is 2.24. The van der Waals surface area contributed by atoms with E-state index in [0.29, 0.717) is 31.0 Å². The molecule has 8 heteroatoms. The predicted octanol–water partition coefficient (Wildman–Crippen LogP) is 0.463. The van der Waals surface area contributed by atoms with Gasteiger partial charge in [0.25, 0.3) is 11.5 Å². The number of carbonyl (C=O) groups is 1. The summed E-state index contributed by atoms with van der Waals surface area (Å²) in [5.74, 6) is -1.22. The van der Waals surface area contributed by atoms with Crippen molar-refractivity contribution in [3.05, 3.63) is 57.5 Å². The van der Waals surface area contributed by atoms with Crippen LogP contribution in [0.15, 0.2) is 29.1 Å². The third kappa shape index (κ3) is 3.13. The van der Waals surface area contributed by atoms with Crippen molar-refractivity contribution in [3.8, 4) is 5.75 Å². The number of amides is 1. The second-order valence-corrected chi connectivity index (χ2v) is 5.73. The fourth-order valence-corrected chi connectivity index (χ4v) is 2.56. The summed E-state index contributed by atoms with van der Waals surface area (Å²) in [6, 6.07) is 5.66. The monoisotopic (exact) mass is 332 g/mol. The van der Waals surface area contributed by atoms with E-state index < -0.39 is 17.2 Å². The smallest absolute Gasteiger partial charge is 0.296 e. The number of nitrogens with zero attached hydrogens (tertiary/aromatic N) is 3. The molecule has 1 aliphatic rings. The van der Waals surface area contributed by atoms with Crippen molar-refractivity contribution in [2.24, 2.45) is 0 Å². The SMILES string of the molecule is CN1CCn2c(nc(C(=O)NCc3ccc(F)cc3)c(O)c2=O)C1. The number of fused-ring (bicyclic) bond motifs is 1. The van der Waals surface area contributed by atoms with E-state index in [4.69, 9.17) is 0 Å². The molecule has 126 valence electrons. The molecule has 0 spiro atoms. The highest BCUT2D eigenvalue weighted by molar-refractivity contribution is 5.94. The maximum atomic E-state index is 12.9. The second-order valence-electron chi connectivity index (χ2n) is 5.73. The number of rotatable bonds is 3. The summed E-state index contributed by atoms with van der Waals surface area (Å²) in [5.41, 5.74) is -0.206. The average Bonchev–Trinajstić information content (AvgIpc) is 2.57. The van der Waals surface area contributed by atoms with Crippen molar-refractivity contribution in [1.29, 1.82) is 0 Å². The largest absolute Gasteiger partial charge is 0.501 e. The standard InChI is InChI=1S/C16H17FN4O3/c1-20-6-7-21-12(9-20)19-13(14(22)16(21)24)15(23)18-8-10-2-4-11(17)5-3-10/h2-5,22H,6-9H2,1H3,(H,18,23). The van der Waals surface area contributed by atoms with Crippen LogP contribution in [0, 0.1) is 5.82 Å². The zero-order valence-corrected chi connectivity index (χ0v) is 13.1. The lowest BCUT2D eigenvalue weighted by atomic mass is 10.2. The Balaban J connectivity index is 1.82. The summed E-state index contributed by atoms with van der Waals surface area (Å²) < 4.78 is 14.2. The van der Waals surface area contributed by atoms with Crippen molar-refractivity contribution in [1.82, 2.24) is 19.8 Å². The highest BCUT2D eigenvalue weighted by atomic mass is 19.1. The van der Waals surface area contributed by atoms with Crippen LogP contribution in [0.5, 0.6) is 5.75 Å². The number of likely N-dealkylation sites (N-methyl/N-ethyl adjacent to an activating group) is 1. The van der Waals surface area contributed by atoms with Crippen LogP contribution in [-0.2, 0) is 19.6 Å². The van der Waals surface area contributed by atoms with Gasteiger partial charge in [0.15, 0.2) is 5.69 Å². The van der Waals surface area contributed by atoms with E-state index in [-0.39, 0.29) is 18.1 Å². The summed E-state index contributed by atoms with van der Waals surface area (Å²) in [7, 11) is 1.89. The number of halogens is 1. The number of hydrogen-bond donors (Lipinski definition) is 2. The van der Waals surface area contributed by atoms with Crippen molar-refractivity contribution < 1.29 is 14.3 Å². The molecule has 1 aromatic heterocycles. The molecule has 0 bridgehead atoms. The molecule has 0 atom stereocenters. The number of carbonyl (C=O) groups excluding carboxylic acids is 1. The summed E-state index contributed by atoms with van der Waals surface area (Å²) >= 11 is 0. The number of benzene rings is 1. The van der Waals surface area contributed by atoms with Crippen LogP contribution in [0.1, 0.15) is 21.9 Å². The fourth-order valence-electron chi connectivity index (χ4n) is 2.56. The molecule has 2 N–H and O–H groups in total. The van der Waals surface area contributed by atoms with E-state index >= 15 is 0 Å². The van der Waals surface area contributed by atoms with Gasteiger partial charge in [0.2, 0.25) is 5.75 Å². The summed E-state index contributed by atoms with van der Waals surface area (Å²) in [5, 5.41) is 12.6. The second kappa shape index (κ2) is 6.40. The number of hydrogen-bond acceptors (Lipinski definition) is 5. The van der Waals surface area contributed by atoms with Gasteiger partial charge in [0, 0.05) is 19.6 Å². The van der Waals surface area contributed by atoms with Crippen LogP contribution in [0.4, 0.5) is 4.39 Å². The van der Waals surface area contributed by atoms with Gasteiger partial charge in [-0.2, -0.15) is 0 Å². The van der Waals surface area contributed by atoms with Crippen molar-refractivity contribution in [2.45, 2.75) is 19.6 Å². The minimum absolute atomic E-state index is 0.137. The zero-order chi connectivity index (χ0) is 17.3. The molecule has 1 aromatic carbocycles. The average molecular weight is 332 g/mol. The third-order valence-corrected chi connectivity index (χ3v) is 3.92. The quantitative estimate of drug-likeness (QED) is 0.853. The fraction of sp³-hybridized carbons (Fsp3) is 0.312.